The number of hydrogen-bond acceptors (Lipinski definition) is 5. The molecule has 104 valence electrons. The van der Waals surface area contributed by atoms with E-state index >= 15 is 0 Å². The summed E-state index contributed by atoms with van der Waals surface area (Å²) in [6.45, 7) is 3.46. The fraction of sp³-hybridized carbons (Fsp3) is 0.455. The summed E-state index contributed by atoms with van der Waals surface area (Å²) in [4.78, 5) is 4.25. The first-order chi connectivity index (χ1) is 8.90. The summed E-state index contributed by atoms with van der Waals surface area (Å²) in [7, 11) is -1.72. The molecule has 2 heterocycles. The van der Waals surface area contributed by atoms with E-state index in [2.05, 4.69) is 14.9 Å². The highest BCUT2D eigenvalue weighted by Crippen LogP contribution is 2.18. The van der Waals surface area contributed by atoms with Crippen LogP contribution in [0.25, 0.3) is 0 Å². The van der Waals surface area contributed by atoms with Gasteiger partial charge in [-0.2, -0.15) is 0 Å². The zero-order valence-corrected chi connectivity index (χ0v) is 11.9. The molecule has 8 heteroatoms. The summed E-state index contributed by atoms with van der Waals surface area (Å²) < 4.78 is 33.4. The van der Waals surface area contributed by atoms with Crippen molar-refractivity contribution in [1.82, 2.24) is 19.4 Å². The predicted molar refractivity (Wildman–Crippen MR) is 68.1 cm³/mol. The number of sulfonamides is 1. The van der Waals surface area contributed by atoms with Crippen molar-refractivity contribution < 1.29 is 12.9 Å². The monoisotopic (exact) mass is 284 g/mol. The Balaban J connectivity index is 2.03. The first kappa shape index (κ1) is 13.8. The zero-order chi connectivity index (χ0) is 14.0. The van der Waals surface area contributed by atoms with Crippen LogP contribution in [0.2, 0.25) is 0 Å². The van der Waals surface area contributed by atoms with Gasteiger partial charge in [0, 0.05) is 26.2 Å². The highest BCUT2D eigenvalue weighted by atomic mass is 32.2. The van der Waals surface area contributed by atoms with Crippen molar-refractivity contribution in [3.05, 3.63) is 29.7 Å². The smallest absolute Gasteiger partial charge is 0.245 e. The van der Waals surface area contributed by atoms with Gasteiger partial charge in [0.2, 0.25) is 10.0 Å². The molecule has 0 saturated carbocycles. The van der Waals surface area contributed by atoms with E-state index in [-0.39, 0.29) is 11.4 Å². The molecule has 0 aliphatic heterocycles. The van der Waals surface area contributed by atoms with Gasteiger partial charge in [0.1, 0.15) is 10.6 Å². The lowest BCUT2D eigenvalue weighted by atomic mass is 10.3. The normalized spacial score (nSPS) is 11.9. The molecule has 2 aromatic heterocycles. The van der Waals surface area contributed by atoms with Gasteiger partial charge in [-0.25, -0.2) is 18.1 Å². The van der Waals surface area contributed by atoms with E-state index in [4.69, 9.17) is 4.52 Å². The van der Waals surface area contributed by atoms with E-state index in [0.717, 1.165) is 5.69 Å². The van der Waals surface area contributed by atoms with Gasteiger partial charge in [-0.3, -0.25) is 0 Å². The minimum atomic E-state index is -3.58. The molecular formula is C11H16N4O3S. The molecule has 0 fully saturated rings. The molecule has 0 spiro atoms. The van der Waals surface area contributed by atoms with Crippen molar-refractivity contribution in [1.29, 1.82) is 0 Å². The molecule has 7 nitrogen and oxygen atoms in total. The number of nitrogens with one attached hydrogen (secondary N) is 1. The molecule has 0 unspecified atom stereocenters. The number of aryl methyl sites for hydroxylation is 3. The van der Waals surface area contributed by atoms with E-state index in [9.17, 15) is 8.42 Å². The van der Waals surface area contributed by atoms with Crippen LogP contribution in [0.3, 0.4) is 0 Å². The van der Waals surface area contributed by atoms with E-state index in [1.807, 2.05) is 17.8 Å². The van der Waals surface area contributed by atoms with Gasteiger partial charge in [0.15, 0.2) is 5.76 Å². The van der Waals surface area contributed by atoms with Crippen molar-refractivity contribution in [3.63, 3.8) is 0 Å². The van der Waals surface area contributed by atoms with Crippen molar-refractivity contribution >= 4 is 10.0 Å². The number of imidazole rings is 1. The number of rotatable bonds is 5. The Labute approximate surface area is 111 Å². The first-order valence-electron chi connectivity index (χ1n) is 5.79. The van der Waals surface area contributed by atoms with Gasteiger partial charge in [0.05, 0.1) is 12.0 Å². The predicted octanol–water partition coefficient (Wildman–Crippen LogP) is 0.546. The SMILES string of the molecule is Cc1noc(C)c1S(=O)(=O)NCCc1cn(C)cn1. The largest absolute Gasteiger partial charge is 0.360 e. The van der Waals surface area contributed by atoms with Crippen LogP contribution in [0, 0.1) is 13.8 Å². The third-order valence-corrected chi connectivity index (χ3v) is 4.37. The van der Waals surface area contributed by atoms with Gasteiger partial charge in [-0.1, -0.05) is 5.16 Å². The number of hydrogen-bond donors (Lipinski definition) is 1. The second kappa shape index (κ2) is 5.14. The van der Waals surface area contributed by atoms with Gasteiger partial charge in [-0.15, -0.1) is 0 Å². The van der Waals surface area contributed by atoms with E-state index < -0.39 is 10.0 Å². The molecule has 1 N–H and O–H groups in total. The lowest BCUT2D eigenvalue weighted by Gasteiger charge is -2.04. The third-order valence-electron chi connectivity index (χ3n) is 2.67. The zero-order valence-electron chi connectivity index (χ0n) is 11.0. The van der Waals surface area contributed by atoms with Crippen molar-refractivity contribution in [2.75, 3.05) is 6.54 Å². The Morgan fingerprint density at radius 2 is 2.16 bits per heavy atom. The molecule has 2 aromatic rings. The average molecular weight is 284 g/mol. The van der Waals surface area contributed by atoms with E-state index in [1.54, 1.807) is 20.2 Å². The fourth-order valence-electron chi connectivity index (χ4n) is 1.84. The first-order valence-corrected chi connectivity index (χ1v) is 7.28. The van der Waals surface area contributed by atoms with Crippen molar-refractivity contribution in [2.45, 2.75) is 25.2 Å². The highest BCUT2D eigenvalue weighted by Gasteiger charge is 2.23. The minimum absolute atomic E-state index is 0.119. The maximum atomic E-state index is 12.1. The van der Waals surface area contributed by atoms with Crippen LogP contribution in [0.1, 0.15) is 17.1 Å². The third kappa shape index (κ3) is 3.02. The molecular weight excluding hydrogens is 268 g/mol. The van der Waals surface area contributed by atoms with E-state index in [0.29, 0.717) is 17.9 Å². The molecule has 19 heavy (non-hydrogen) atoms. The summed E-state index contributed by atoms with van der Waals surface area (Å²) >= 11 is 0. The van der Waals surface area contributed by atoms with Crippen LogP contribution in [-0.2, 0) is 23.5 Å². The van der Waals surface area contributed by atoms with Crippen molar-refractivity contribution in [2.24, 2.45) is 7.05 Å². The molecule has 0 radical (unpaired) electrons. The van der Waals surface area contributed by atoms with Crippen LogP contribution >= 0.6 is 0 Å². The van der Waals surface area contributed by atoms with Crippen molar-refractivity contribution in [3.8, 4) is 0 Å². The molecule has 2 rings (SSSR count). The molecule has 0 aliphatic carbocycles. The Bertz CT molecular complexity index is 652. The molecule has 0 aromatic carbocycles. The van der Waals surface area contributed by atoms with Gasteiger partial charge in [-0.05, 0) is 13.8 Å². The standard InChI is InChI=1S/C11H16N4O3S/c1-8-11(9(2)18-14-8)19(16,17)13-5-4-10-6-15(3)7-12-10/h6-7,13H,4-5H2,1-3H3. The van der Waals surface area contributed by atoms with Crippen LogP contribution in [0.15, 0.2) is 21.9 Å². The van der Waals surface area contributed by atoms with Crippen LogP contribution < -0.4 is 4.72 Å². The Kier molecular flexibility index (Phi) is 3.72. The summed E-state index contributed by atoms with van der Waals surface area (Å²) in [5, 5.41) is 3.64. The van der Waals surface area contributed by atoms with Gasteiger partial charge in [0.25, 0.3) is 0 Å². The minimum Gasteiger partial charge on any atom is -0.360 e. The lowest BCUT2D eigenvalue weighted by molar-refractivity contribution is 0.390. The summed E-state index contributed by atoms with van der Waals surface area (Å²) in [5.41, 5.74) is 1.20. The maximum absolute atomic E-state index is 12.1. The Morgan fingerprint density at radius 1 is 1.42 bits per heavy atom. The molecule has 0 saturated heterocycles. The maximum Gasteiger partial charge on any atom is 0.245 e. The molecule has 0 amide bonds. The second-order valence-corrected chi connectivity index (χ2v) is 6.04. The van der Waals surface area contributed by atoms with Crippen LogP contribution in [0.4, 0.5) is 0 Å². The topological polar surface area (TPSA) is 90.0 Å². The lowest BCUT2D eigenvalue weighted by Crippen LogP contribution is -2.26. The molecule has 0 atom stereocenters. The molecule has 0 aliphatic rings. The molecule has 0 bridgehead atoms. The fourth-order valence-corrected chi connectivity index (χ4v) is 3.20. The van der Waals surface area contributed by atoms with Gasteiger partial charge >= 0.3 is 0 Å². The summed E-state index contributed by atoms with van der Waals surface area (Å²) in [6.07, 6.45) is 4.06. The van der Waals surface area contributed by atoms with Crippen LogP contribution in [-0.4, -0.2) is 29.7 Å². The average Bonchev–Trinajstić information content (AvgIpc) is 2.86. The Morgan fingerprint density at radius 3 is 2.68 bits per heavy atom. The highest BCUT2D eigenvalue weighted by molar-refractivity contribution is 7.89. The summed E-state index contributed by atoms with van der Waals surface area (Å²) in [5.74, 6) is 0.294. The van der Waals surface area contributed by atoms with E-state index in [1.165, 1.54) is 0 Å². The number of nitrogens with zero attached hydrogens (tertiary/aromatic N) is 3. The van der Waals surface area contributed by atoms with Gasteiger partial charge < -0.3 is 9.09 Å². The number of aromatic nitrogens is 3. The quantitative estimate of drug-likeness (QED) is 0.865. The Hall–Kier alpha value is -1.67. The second-order valence-electron chi connectivity index (χ2n) is 4.33. The summed E-state index contributed by atoms with van der Waals surface area (Å²) in [6, 6.07) is 0. The van der Waals surface area contributed by atoms with Crippen LogP contribution in [0.5, 0.6) is 0 Å².